The number of hydrogen-bond acceptors (Lipinski definition) is 5. The van der Waals surface area contributed by atoms with Crippen molar-refractivity contribution < 1.29 is 4.79 Å². The van der Waals surface area contributed by atoms with E-state index < -0.39 is 0 Å². The first kappa shape index (κ1) is 19.6. The van der Waals surface area contributed by atoms with Crippen LogP contribution in [0.25, 0.3) is 11.8 Å². The van der Waals surface area contributed by atoms with Crippen LogP contribution in [-0.2, 0) is 10.5 Å². The zero-order valence-electron chi connectivity index (χ0n) is 16.1. The number of thioether (sulfide) groups is 1. The second-order valence-corrected chi connectivity index (χ2v) is 7.44. The minimum Gasteiger partial charge on any atom is -0.322 e. The lowest BCUT2D eigenvalue weighted by Gasteiger charge is -2.07. The maximum absolute atomic E-state index is 12.2. The molecular formula is C23H19N5OS. The van der Waals surface area contributed by atoms with E-state index in [0.717, 1.165) is 27.7 Å². The maximum Gasteiger partial charge on any atom is 0.248 e. The van der Waals surface area contributed by atoms with Crippen molar-refractivity contribution in [2.75, 3.05) is 5.32 Å². The highest BCUT2D eigenvalue weighted by Gasteiger charge is 2.09. The predicted molar refractivity (Wildman–Crippen MR) is 119 cm³/mol. The molecule has 1 amide bonds. The van der Waals surface area contributed by atoms with Gasteiger partial charge < -0.3 is 5.32 Å². The van der Waals surface area contributed by atoms with Crippen molar-refractivity contribution in [3.05, 3.63) is 102 Å². The second-order valence-electron chi connectivity index (χ2n) is 6.39. The molecule has 4 aromatic rings. The number of carbonyl (C=O) groups is 1. The van der Waals surface area contributed by atoms with Crippen molar-refractivity contribution in [2.24, 2.45) is 0 Å². The molecule has 0 aliphatic heterocycles. The molecule has 1 N–H and O–H groups in total. The predicted octanol–water partition coefficient (Wildman–Crippen LogP) is 4.61. The molecule has 0 radical (unpaired) electrons. The number of aromatic nitrogens is 4. The van der Waals surface area contributed by atoms with Gasteiger partial charge in [-0.1, -0.05) is 54.6 Å². The van der Waals surface area contributed by atoms with Gasteiger partial charge in [-0.3, -0.25) is 4.79 Å². The first-order chi connectivity index (χ1) is 14.8. The van der Waals surface area contributed by atoms with Crippen molar-refractivity contribution in [1.29, 1.82) is 0 Å². The molecule has 0 bridgehead atoms. The number of para-hydroxylation sites is 1. The van der Waals surface area contributed by atoms with Gasteiger partial charge in [0.25, 0.3) is 0 Å². The summed E-state index contributed by atoms with van der Waals surface area (Å²) in [5.74, 6) is 1.19. The molecule has 3 aromatic carbocycles. The van der Waals surface area contributed by atoms with Gasteiger partial charge in [-0.25, -0.2) is 0 Å². The van der Waals surface area contributed by atoms with Crippen molar-refractivity contribution in [3.63, 3.8) is 0 Å². The molecule has 30 heavy (non-hydrogen) atoms. The molecule has 0 aliphatic rings. The smallest absolute Gasteiger partial charge is 0.248 e. The van der Waals surface area contributed by atoms with Gasteiger partial charge in [0.15, 0.2) is 5.82 Å². The van der Waals surface area contributed by atoms with E-state index in [9.17, 15) is 4.79 Å². The lowest BCUT2D eigenvalue weighted by molar-refractivity contribution is -0.111. The molecule has 0 aliphatic carbocycles. The molecule has 7 heteroatoms. The molecule has 4 rings (SSSR count). The minimum atomic E-state index is -0.172. The molecule has 0 saturated carbocycles. The highest BCUT2D eigenvalue weighted by molar-refractivity contribution is 7.98. The molecule has 0 atom stereocenters. The van der Waals surface area contributed by atoms with Gasteiger partial charge in [0.05, 0.1) is 11.4 Å². The Kier molecular flexibility index (Phi) is 6.31. The third-order valence-electron chi connectivity index (χ3n) is 4.23. The summed E-state index contributed by atoms with van der Waals surface area (Å²) >= 11 is 1.61. The summed E-state index contributed by atoms with van der Waals surface area (Å²) in [7, 11) is 0. The number of hydrogen-bond donors (Lipinski definition) is 1. The van der Waals surface area contributed by atoms with E-state index >= 15 is 0 Å². The highest BCUT2D eigenvalue weighted by atomic mass is 32.2. The van der Waals surface area contributed by atoms with Crippen LogP contribution in [0.5, 0.6) is 0 Å². The van der Waals surface area contributed by atoms with E-state index in [1.165, 1.54) is 6.08 Å². The fraction of sp³-hybridized carbons (Fsp3) is 0.0435. The average Bonchev–Trinajstić information content (AvgIpc) is 3.27. The van der Waals surface area contributed by atoms with Gasteiger partial charge in [-0.2, -0.15) is 4.68 Å². The van der Waals surface area contributed by atoms with Crippen molar-refractivity contribution >= 4 is 29.4 Å². The number of anilines is 1. The second kappa shape index (κ2) is 9.67. The summed E-state index contributed by atoms with van der Waals surface area (Å²) in [4.78, 5) is 13.2. The Bertz CT molecular complexity index is 1140. The zero-order valence-corrected chi connectivity index (χ0v) is 16.9. The number of tetrazole rings is 1. The minimum absolute atomic E-state index is 0.172. The number of carbonyl (C=O) groups excluding carboxylic acids is 1. The average molecular weight is 414 g/mol. The summed E-state index contributed by atoms with van der Waals surface area (Å²) in [6.45, 7) is 0. The number of nitrogens with one attached hydrogen (secondary N) is 1. The van der Waals surface area contributed by atoms with E-state index in [4.69, 9.17) is 0 Å². The largest absolute Gasteiger partial charge is 0.322 e. The SMILES string of the molecule is O=C(/C=C/c1ccccc1)Nc1cccc(SCc2nnnn2-c2ccccc2)c1. The number of rotatable bonds is 7. The van der Waals surface area contributed by atoms with Gasteiger partial charge in [0, 0.05) is 16.7 Å². The molecule has 0 fully saturated rings. The van der Waals surface area contributed by atoms with Crippen LogP contribution in [0.15, 0.2) is 95.9 Å². The molecule has 1 heterocycles. The van der Waals surface area contributed by atoms with E-state index in [1.807, 2.05) is 84.9 Å². The number of amides is 1. The highest BCUT2D eigenvalue weighted by Crippen LogP contribution is 2.25. The molecule has 0 spiro atoms. The summed E-state index contributed by atoms with van der Waals surface area (Å²) < 4.78 is 1.73. The first-order valence-electron chi connectivity index (χ1n) is 9.37. The van der Waals surface area contributed by atoms with Crippen LogP contribution >= 0.6 is 11.8 Å². The van der Waals surface area contributed by atoms with E-state index in [0.29, 0.717) is 5.75 Å². The Morgan fingerprint density at radius 3 is 2.53 bits per heavy atom. The van der Waals surface area contributed by atoms with E-state index in [-0.39, 0.29) is 5.91 Å². The maximum atomic E-state index is 12.2. The monoisotopic (exact) mass is 413 g/mol. The molecule has 0 unspecified atom stereocenters. The third kappa shape index (κ3) is 5.21. The molecule has 0 saturated heterocycles. The third-order valence-corrected chi connectivity index (χ3v) is 5.22. The topological polar surface area (TPSA) is 72.7 Å². The fourth-order valence-electron chi connectivity index (χ4n) is 2.80. The van der Waals surface area contributed by atoms with Crippen molar-refractivity contribution in [1.82, 2.24) is 20.2 Å². The van der Waals surface area contributed by atoms with Gasteiger partial charge >= 0.3 is 0 Å². The van der Waals surface area contributed by atoms with Crippen LogP contribution in [0, 0.1) is 0 Å². The Morgan fingerprint density at radius 1 is 0.967 bits per heavy atom. The van der Waals surface area contributed by atoms with Crippen molar-refractivity contribution in [2.45, 2.75) is 10.6 Å². The Hall–Kier alpha value is -3.71. The fourth-order valence-corrected chi connectivity index (χ4v) is 3.66. The Labute approximate surface area is 178 Å². The Balaban J connectivity index is 1.38. The molecular weight excluding hydrogens is 394 g/mol. The summed E-state index contributed by atoms with van der Waals surface area (Å²) in [6.07, 6.45) is 3.32. The van der Waals surface area contributed by atoms with Crippen LogP contribution in [0.1, 0.15) is 11.4 Å². The van der Waals surface area contributed by atoms with Gasteiger partial charge in [-0.05, 0) is 52.4 Å². The Morgan fingerprint density at radius 2 is 1.73 bits per heavy atom. The zero-order chi connectivity index (χ0) is 20.6. The normalized spacial score (nSPS) is 10.9. The lowest BCUT2D eigenvalue weighted by atomic mass is 10.2. The summed E-state index contributed by atoms with van der Waals surface area (Å²) in [6, 6.07) is 27.2. The number of benzene rings is 3. The van der Waals surface area contributed by atoms with Crippen LogP contribution < -0.4 is 5.32 Å². The first-order valence-corrected chi connectivity index (χ1v) is 10.4. The van der Waals surface area contributed by atoms with Crippen LogP contribution in [0.2, 0.25) is 0 Å². The molecule has 6 nitrogen and oxygen atoms in total. The quantitative estimate of drug-likeness (QED) is 0.354. The van der Waals surface area contributed by atoms with Gasteiger partial charge in [0.2, 0.25) is 5.91 Å². The molecule has 1 aromatic heterocycles. The number of nitrogens with zero attached hydrogens (tertiary/aromatic N) is 4. The standard InChI is InChI=1S/C23H19N5OS/c29-23(15-14-18-8-3-1-4-9-18)24-19-10-7-13-21(16-19)30-17-22-25-26-27-28(22)20-11-5-2-6-12-20/h1-16H,17H2,(H,24,29)/b15-14+. The van der Waals surface area contributed by atoms with Gasteiger partial charge in [-0.15, -0.1) is 16.9 Å². The van der Waals surface area contributed by atoms with Crippen LogP contribution in [-0.4, -0.2) is 26.1 Å². The van der Waals surface area contributed by atoms with Crippen LogP contribution in [0.4, 0.5) is 5.69 Å². The van der Waals surface area contributed by atoms with Gasteiger partial charge in [0.1, 0.15) is 0 Å². The molecule has 148 valence electrons. The van der Waals surface area contributed by atoms with Crippen molar-refractivity contribution in [3.8, 4) is 5.69 Å². The summed E-state index contributed by atoms with van der Waals surface area (Å²) in [5.41, 5.74) is 2.64. The lowest BCUT2D eigenvalue weighted by Crippen LogP contribution is -2.07. The van der Waals surface area contributed by atoms with E-state index in [1.54, 1.807) is 22.5 Å². The van der Waals surface area contributed by atoms with E-state index in [2.05, 4.69) is 20.8 Å². The summed E-state index contributed by atoms with van der Waals surface area (Å²) in [5, 5.41) is 14.9. The van der Waals surface area contributed by atoms with Crippen LogP contribution in [0.3, 0.4) is 0 Å².